The van der Waals surface area contributed by atoms with Crippen molar-refractivity contribution in [1.82, 2.24) is 14.9 Å². The standard InChI is InChI=1S/C21H31N5O2S2/c1-21(2,3)24-30(27,28)18-9-6-5-8-17(18)16-23-20(22-4)26-13-11-25(12-14-26)19-10-7-15-29-19/h5-10,15,24H,11-14,16H2,1-4H3,(H,22,23). The molecule has 7 nitrogen and oxygen atoms in total. The van der Waals surface area contributed by atoms with Crippen LogP contribution in [0.4, 0.5) is 5.00 Å². The monoisotopic (exact) mass is 449 g/mol. The number of hydrogen-bond acceptors (Lipinski definition) is 5. The van der Waals surface area contributed by atoms with Gasteiger partial charge in [0.2, 0.25) is 10.0 Å². The molecule has 0 bridgehead atoms. The second kappa shape index (κ2) is 9.36. The van der Waals surface area contributed by atoms with Gasteiger partial charge in [-0.15, -0.1) is 11.3 Å². The van der Waals surface area contributed by atoms with E-state index < -0.39 is 15.6 Å². The number of sulfonamides is 1. The van der Waals surface area contributed by atoms with Gasteiger partial charge in [0, 0.05) is 45.3 Å². The van der Waals surface area contributed by atoms with Gasteiger partial charge >= 0.3 is 0 Å². The zero-order valence-corrected chi connectivity index (χ0v) is 19.7. The fourth-order valence-electron chi connectivity index (χ4n) is 3.47. The third-order valence-electron chi connectivity index (χ3n) is 4.75. The highest BCUT2D eigenvalue weighted by atomic mass is 32.2. The number of rotatable bonds is 5. The minimum absolute atomic E-state index is 0.297. The van der Waals surface area contributed by atoms with Crippen molar-refractivity contribution >= 4 is 32.3 Å². The minimum Gasteiger partial charge on any atom is -0.360 e. The van der Waals surface area contributed by atoms with E-state index in [1.807, 2.05) is 32.9 Å². The SMILES string of the molecule is CN=C(NCc1ccccc1S(=O)(=O)NC(C)(C)C)N1CCN(c2cccs2)CC1. The molecule has 1 aromatic heterocycles. The molecule has 0 aliphatic carbocycles. The zero-order valence-electron chi connectivity index (χ0n) is 18.1. The fourth-order valence-corrected chi connectivity index (χ4v) is 5.91. The number of anilines is 1. The van der Waals surface area contributed by atoms with Gasteiger partial charge in [0.25, 0.3) is 0 Å². The summed E-state index contributed by atoms with van der Waals surface area (Å²) in [5, 5.41) is 6.74. The molecule has 0 spiro atoms. The summed E-state index contributed by atoms with van der Waals surface area (Å²) in [6, 6.07) is 11.3. The van der Waals surface area contributed by atoms with E-state index in [2.05, 4.69) is 42.3 Å². The molecule has 0 amide bonds. The Morgan fingerprint density at radius 3 is 2.40 bits per heavy atom. The van der Waals surface area contributed by atoms with Crippen LogP contribution in [-0.4, -0.2) is 58.0 Å². The maximum absolute atomic E-state index is 12.8. The van der Waals surface area contributed by atoms with E-state index >= 15 is 0 Å². The van der Waals surface area contributed by atoms with E-state index in [9.17, 15) is 8.42 Å². The van der Waals surface area contributed by atoms with Crippen LogP contribution in [0.15, 0.2) is 51.7 Å². The van der Waals surface area contributed by atoms with E-state index in [1.165, 1.54) is 5.00 Å². The Kier molecular flexibility index (Phi) is 7.05. The second-order valence-corrected chi connectivity index (χ2v) is 10.9. The topological polar surface area (TPSA) is 77.0 Å². The zero-order chi connectivity index (χ0) is 21.8. The fraction of sp³-hybridized carbons (Fsp3) is 0.476. The van der Waals surface area contributed by atoms with Gasteiger partial charge in [-0.3, -0.25) is 4.99 Å². The molecule has 1 aliphatic heterocycles. The summed E-state index contributed by atoms with van der Waals surface area (Å²) in [6.45, 7) is 9.49. The highest BCUT2D eigenvalue weighted by Crippen LogP contribution is 2.22. The molecule has 0 saturated carbocycles. The quantitative estimate of drug-likeness (QED) is 0.542. The highest BCUT2D eigenvalue weighted by Gasteiger charge is 2.25. The lowest BCUT2D eigenvalue weighted by atomic mass is 10.1. The molecule has 9 heteroatoms. The summed E-state index contributed by atoms with van der Waals surface area (Å²) >= 11 is 1.76. The van der Waals surface area contributed by atoms with Crippen molar-refractivity contribution in [2.75, 3.05) is 38.1 Å². The van der Waals surface area contributed by atoms with Gasteiger partial charge in [-0.25, -0.2) is 13.1 Å². The average Bonchev–Trinajstić information content (AvgIpc) is 3.22. The molecule has 164 valence electrons. The largest absolute Gasteiger partial charge is 0.360 e. The van der Waals surface area contributed by atoms with E-state index in [0.29, 0.717) is 17.0 Å². The first-order valence-corrected chi connectivity index (χ1v) is 12.4. The predicted molar refractivity (Wildman–Crippen MR) is 125 cm³/mol. The van der Waals surface area contributed by atoms with Gasteiger partial charge in [0.1, 0.15) is 0 Å². The summed E-state index contributed by atoms with van der Waals surface area (Å²) < 4.78 is 28.4. The first-order chi connectivity index (χ1) is 14.2. The van der Waals surface area contributed by atoms with Crippen LogP contribution in [0, 0.1) is 0 Å². The first-order valence-electron chi connectivity index (χ1n) is 10.1. The van der Waals surface area contributed by atoms with E-state index in [-0.39, 0.29) is 0 Å². The number of thiophene rings is 1. The Bertz CT molecular complexity index is 958. The Morgan fingerprint density at radius 1 is 1.10 bits per heavy atom. The van der Waals surface area contributed by atoms with Crippen molar-refractivity contribution in [3.63, 3.8) is 0 Å². The molecule has 2 heterocycles. The van der Waals surface area contributed by atoms with Crippen molar-refractivity contribution in [1.29, 1.82) is 0 Å². The van der Waals surface area contributed by atoms with Crippen molar-refractivity contribution in [3.05, 3.63) is 47.3 Å². The molecule has 1 fully saturated rings. The van der Waals surface area contributed by atoms with Crippen LogP contribution in [0.1, 0.15) is 26.3 Å². The predicted octanol–water partition coefficient (Wildman–Crippen LogP) is 2.72. The lowest BCUT2D eigenvalue weighted by molar-refractivity contribution is 0.373. The molecule has 0 unspecified atom stereocenters. The number of guanidine groups is 1. The van der Waals surface area contributed by atoms with Crippen LogP contribution in [0.2, 0.25) is 0 Å². The number of benzene rings is 1. The normalized spacial score (nSPS) is 16.1. The summed E-state index contributed by atoms with van der Waals surface area (Å²) in [7, 11) is -1.85. The Labute approximate surface area is 183 Å². The average molecular weight is 450 g/mol. The number of nitrogens with zero attached hydrogens (tertiary/aromatic N) is 3. The van der Waals surface area contributed by atoms with Crippen molar-refractivity contribution in [3.8, 4) is 0 Å². The Morgan fingerprint density at radius 2 is 1.80 bits per heavy atom. The molecular weight excluding hydrogens is 418 g/mol. The lowest BCUT2D eigenvalue weighted by Crippen LogP contribution is -2.52. The minimum atomic E-state index is -3.61. The summed E-state index contributed by atoms with van der Waals surface area (Å²) in [5.41, 5.74) is 0.171. The molecule has 2 aromatic rings. The Hall–Kier alpha value is -2.10. The second-order valence-electron chi connectivity index (χ2n) is 8.29. The number of hydrogen-bond donors (Lipinski definition) is 2. The van der Waals surface area contributed by atoms with Gasteiger partial charge in [-0.2, -0.15) is 0 Å². The Balaban J connectivity index is 1.65. The van der Waals surface area contributed by atoms with E-state index in [4.69, 9.17) is 0 Å². The van der Waals surface area contributed by atoms with Crippen LogP contribution >= 0.6 is 11.3 Å². The van der Waals surface area contributed by atoms with Crippen molar-refractivity contribution in [2.45, 2.75) is 37.8 Å². The lowest BCUT2D eigenvalue weighted by Gasteiger charge is -2.37. The van der Waals surface area contributed by atoms with Gasteiger partial charge in [0.05, 0.1) is 9.90 Å². The molecule has 1 saturated heterocycles. The first kappa shape index (κ1) is 22.6. The van der Waals surface area contributed by atoms with Crippen LogP contribution in [-0.2, 0) is 16.6 Å². The molecular formula is C21H31N5O2S2. The summed E-state index contributed by atoms with van der Waals surface area (Å²) in [6.07, 6.45) is 0. The summed E-state index contributed by atoms with van der Waals surface area (Å²) in [5.74, 6) is 0.789. The van der Waals surface area contributed by atoms with Crippen LogP contribution < -0.4 is 14.9 Å². The third-order valence-corrected chi connectivity index (χ3v) is 7.54. The molecule has 30 heavy (non-hydrogen) atoms. The molecule has 2 N–H and O–H groups in total. The number of aliphatic imine (C=N–C) groups is 1. The van der Waals surface area contributed by atoms with Crippen LogP contribution in [0.25, 0.3) is 0 Å². The number of piperazine rings is 1. The highest BCUT2D eigenvalue weighted by molar-refractivity contribution is 7.89. The third kappa shape index (κ3) is 5.74. The van der Waals surface area contributed by atoms with Crippen LogP contribution in [0.3, 0.4) is 0 Å². The molecule has 1 aliphatic rings. The van der Waals surface area contributed by atoms with Gasteiger partial charge in [-0.05, 0) is 49.9 Å². The molecule has 0 atom stereocenters. The van der Waals surface area contributed by atoms with Crippen molar-refractivity contribution in [2.24, 2.45) is 4.99 Å². The van der Waals surface area contributed by atoms with E-state index in [1.54, 1.807) is 30.5 Å². The maximum atomic E-state index is 12.8. The maximum Gasteiger partial charge on any atom is 0.241 e. The van der Waals surface area contributed by atoms with Gasteiger partial charge in [0.15, 0.2) is 5.96 Å². The van der Waals surface area contributed by atoms with Crippen molar-refractivity contribution < 1.29 is 8.42 Å². The summed E-state index contributed by atoms with van der Waals surface area (Å²) in [4.78, 5) is 9.31. The van der Waals surface area contributed by atoms with Gasteiger partial charge in [-0.1, -0.05) is 18.2 Å². The molecule has 1 aromatic carbocycles. The van der Waals surface area contributed by atoms with Gasteiger partial charge < -0.3 is 15.1 Å². The smallest absolute Gasteiger partial charge is 0.241 e. The van der Waals surface area contributed by atoms with E-state index in [0.717, 1.165) is 32.1 Å². The molecule has 3 rings (SSSR count). The number of nitrogens with one attached hydrogen (secondary N) is 2. The molecule has 0 radical (unpaired) electrons. The van der Waals surface area contributed by atoms with Crippen LogP contribution in [0.5, 0.6) is 0 Å².